The average molecular weight is 283 g/mol. The fraction of sp³-hybridized carbons (Fsp3) is 0.615. The first-order chi connectivity index (χ1) is 8.85. The highest BCUT2D eigenvalue weighted by molar-refractivity contribution is 7.19. The number of ether oxygens (including phenoxy) is 1. The maximum Gasteiger partial charge on any atom is 0.261 e. The summed E-state index contributed by atoms with van der Waals surface area (Å²) in [5, 5.41) is 0.921. The minimum Gasteiger partial charge on any atom is -0.492 e. The summed E-state index contributed by atoms with van der Waals surface area (Å²) in [6, 6.07) is 0. The molecular weight excluding hydrogens is 262 g/mol. The number of rotatable bonds is 3. The van der Waals surface area contributed by atoms with Crippen LogP contribution in [0.2, 0.25) is 0 Å². The first-order valence-corrected chi connectivity index (χ1v) is 7.18. The van der Waals surface area contributed by atoms with E-state index in [1.165, 1.54) is 11.3 Å². The van der Waals surface area contributed by atoms with Crippen LogP contribution in [-0.4, -0.2) is 26.1 Å². The van der Waals surface area contributed by atoms with Crippen molar-refractivity contribution in [3.63, 3.8) is 0 Å². The lowest BCUT2D eigenvalue weighted by Crippen LogP contribution is -2.37. The Morgan fingerprint density at radius 1 is 1.37 bits per heavy atom. The van der Waals surface area contributed by atoms with Gasteiger partial charge in [-0.2, -0.15) is 0 Å². The molecule has 4 N–H and O–H groups in total. The van der Waals surface area contributed by atoms with Gasteiger partial charge >= 0.3 is 0 Å². The predicted octanol–water partition coefficient (Wildman–Crippen LogP) is 2.06. The van der Waals surface area contributed by atoms with Crippen LogP contribution in [0.25, 0.3) is 0 Å². The second-order valence-corrected chi connectivity index (χ2v) is 6.70. The summed E-state index contributed by atoms with van der Waals surface area (Å²) < 4.78 is 5.35. The molecule has 1 saturated heterocycles. The third-order valence-electron chi connectivity index (χ3n) is 3.71. The molecule has 0 unspecified atom stereocenters. The number of anilines is 2. The number of hydrogen-bond acceptors (Lipinski definition) is 5. The first-order valence-electron chi connectivity index (χ1n) is 6.37. The van der Waals surface area contributed by atoms with Crippen molar-refractivity contribution in [2.45, 2.75) is 26.7 Å². The van der Waals surface area contributed by atoms with E-state index in [0.29, 0.717) is 21.7 Å². The molecule has 0 saturated carbocycles. The highest BCUT2D eigenvalue weighted by Gasteiger charge is 2.30. The second-order valence-electron chi connectivity index (χ2n) is 5.70. The smallest absolute Gasteiger partial charge is 0.261 e. The lowest BCUT2D eigenvalue weighted by atomic mass is 9.83. The molecule has 5 nitrogen and oxygen atoms in total. The third kappa shape index (κ3) is 2.63. The van der Waals surface area contributed by atoms with Crippen LogP contribution in [0.1, 0.15) is 36.4 Å². The summed E-state index contributed by atoms with van der Waals surface area (Å²) >= 11 is 1.33. The highest BCUT2D eigenvalue weighted by Crippen LogP contribution is 2.46. The van der Waals surface area contributed by atoms with E-state index in [9.17, 15) is 4.79 Å². The maximum absolute atomic E-state index is 11.4. The molecule has 2 rings (SSSR count). The molecule has 106 valence electrons. The van der Waals surface area contributed by atoms with E-state index < -0.39 is 5.91 Å². The van der Waals surface area contributed by atoms with Crippen LogP contribution in [0, 0.1) is 5.41 Å². The molecule has 1 aliphatic rings. The third-order valence-corrected chi connectivity index (χ3v) is 4.98. The lowest BCUT2D eigenvalue weighted by molar-refractivity contribution is 0.100. The summed E-state index contributed by atoms with van der Waals surface area (Å²) in [4.78, 5) is 14.0. The van der Waals surface area contributed by atoms with Gasteiger partial charge in [0.2, 0.25) is 0 Å². The Bertz CT molecular complexity index is 486. The molecule has 2 heterocycles. The van der Waals surface area contributed by atoms with Crippen molar-refractivity contribution in [1.82, 2.24) is 0 Å². The number of piperidine rings is 1. The molecule has 0 aliphatic carbocycles. The Labute approximate surface area is 117 Å². The van der Waals surface area contributed by atoms with Gasteiger partial charge in [-0.15, -0.1) is 11.3 Å². The van der Waals surface area contributed by atoms with Gasteiger partial charge in [-0.25, -0.2) is 0 Å². The summed E-state index contributed by atoms with van der Waals surface area (Å²) in [5.74, 6) is 0.0860. The molecule has 1 fully saturated rings. The standard InChI is InChI=1S/C13H21N3O2S/c1-13(2)4-6-16(7-5-13)12-9(18-3)8(14)10(19-12)11(15)17/h4-7,14H2,1-3H3,(H2,15,17). The maximum atomic E-state index is 11.4. The number of nitrogens with two attached hydrogens (primary N) is 2. The van der Waals surface area contributed by atoms with Crippen molar-refractivity contribution in [2.75, 3.05) is 30.8 Å². The van der Waals surface area contributed by atoms with Gasteiger partial charge in [0, 0.05) is 13.1 Å². The number of methoxy groups -OCH3 is 1. The van der Waals surface area contributed by atoms with Gasteiger partial charge in [0.1, 0.15) is 15.6 Å². The van der Waals surface area contributed by atoms with E-state index in [1.54, 1.807) is 7.11 Å². The van der Waals surface area contributed by atoms with Gasteiger partial charge in [-0.1, -0.05) is 13.8 Å². The number of primary amides is 1. The van der Waals surface area contributed by atoms with Gasteiger partial charge in [0.25, 0.3) is 5.91 Å². The van der Waals surface area contributed by atoms with Crippen LogP contribution in [0.3, 0.4) is 0 Å². The van der Waals surface area contributed by atoms with Gasteiger partial charge in [0.05, 0.1) is 7.11 Å². The summed E-state index contributed by atoms with van der Waals surface area (Å²) in [6.45, 7) is 6.45. The van der Waals surface area contributed by atoms with Crippen molar-refractivity contribution in [2.24, 2.45) is 11.1 Å². The van der Waals surface area contributed by atoms with Crippen molar-refractivity contribution in [1.29, 1.82) is 0 Å². The van der Waals surface area contributed by atoms with Crippen LogP contribution < -0.4 is 21.1 Å². The molecule has 0 bridgehead atoms. The van der Waals surface area contributed by atoms with Crippen LogP contribution >= 0.6 is 11.3 Å². The number of thiophene rings is 1. The fourth-order valence-corrected chi connectivity index (χ4v) is 3.41. The second kappa shape index (κ2) is 4.92. The summed E-state index contributed by atoms with van der Waals surface area (Å²) in [5.41, 5.74) is 12.0. The molecule has 6 heteroatoms. The van der Waals surface area contributed by atoms with E-state index in [0.717, 1.165) is 30.9 Å². The normalized spacial score (nSPS) is 18.4. The first kappa shape index (κ1) is 14.0. The molecule has 0 spiro atoms. The van der Waals surface area contributed by atoms with E-state index >= 15 is 0 Å². The Morgan fingerprint density at radius 2 is 1.95 bits per heavy atom. The number of nitrogen functional groups attached to an aromatic ring is 1. The number of amides is 1. The number of hydrogen-bond donors (Lipinski definition) is 2. The molecule has 1 aromatic rings. The topological polar surface area (TPSA) is 81.6 Å². The van der Waals surface area contributed by atoms with Gasteiger partial charge in [-0.3, -0.25) is 4.79 Å². The predicted molar refractivity (Wildman–Crippen MR) is 79.0 cm³/mol. The Morgan fingerprint density at radius 3 is 2.42 bits per heavy atom. The van der Waals surface area contributed by atoms with Gasteiger partial charge < -0.3 is 21.1 Å². The van der Waals surface area contributed by atoms with E-state index in [-0.39, 0.29) is 0 Å². The lowest BCUT2D eigenvalue weighted by Gasteiger charge is -2.37. The molecule has 19 heavy (non-hydrogen) atoms. The molecule has 0 atom stereocenters. The van der Waals surface area contributed by atoms with Gasteiger partial charge in [-0.05, 0) is 18.3 Å². The highest BCUT2D eigenvalue weighted by atomic mass is 32.1. The van der Waals surface area contributed by atoms with Crippen LogP contribution in [0.4, 0.5) is 10.7 Å². The molecule has 0 aromatic carbocycles. The molecule has 1 amide bonds. The summed E-state index contributed by atoms with van der Waals surface area (Å²) in [6.07, 6.45) is 2.22. The number of carbonyl (C=O) groups excluding carboxylic acids is 1. The SMILES string of the molecule is COc1c(N2CCC(C)(C)CC2)sc(C(N)=O)c1N. The van der Waals surface area contributed by atoms with E-state index in [2.05, 4.69) is 18.7 Å². The Kier molecular flexibility index (Phi) is 3.62. The van der Waals surface area contributed by atoms with Crippen LogP contribution in [0.5, 0.6) is 5.75 Å². The van der Waals surface area contributed by atoms with Crippen molar-refractivity contribution >= 4 is 27.9 Å². The van der Waals surface area contributed by atoms with Crippen molar-refractivity contribution in [3.8, 4) is 5.75 Å². The average Bonchev–Trinajstić information content (AvgIpc) is 2.66. The minimum atomic E-state index is -0.496. The monoisotopic (exact) mass is 283 g/mol. The zero-order valence-electron chi connectivity index (χ0n) is 11.7. The largest absolute Gasteiger partial charge is 0.492 e. The van der Waals surface area contributed by atoms with Crippen LogP contribution in [0.15, 0.2) is 0 Å². The molecule has 0 radical (unpaired) electrons. The van der Waals surface area contributed by atoms with E-state index in [4.69, 9.17) is 16.2 Å². The Hall–Kier alpha value is -1.43. The zero-order chi connectivity index (χ0) is 14.2. The van der Waals surface area contributed by atoms with Crippen LogP contribution in [-0.2, 0) is 0 Å². The molecule has 1 aromatic heterocycles. The van der Waals surface area contributed by atoms with Gasteiger partial charge in [0.15, 0.2) is 5.75 Å². The molecular formula is C13H21N3O2S. The Balaban J connectivity index is 2.30. The number of nitrogens with zero attached hydrogens (tertiary/aromatic N) is 1. The van der Waals surface area contributed by atoms with Crippen molar-refractivity contribution in [3.05, 3.63) is 4.88 Å². The van der Waals surface area contributed by atoms with Crippen molar-refractivity contribution < 1.29 is 9.53 Å². The summed E-state index contributed by atoms with van der Waals surface area (Å²) in [7, 11) is 1.57. The fourth-order valence-electron chi connectivity index (χ4n) is 2.32. The quantitative estimate of drug-likeness (QED) is 0.889. The minimum absolute atomic E-state index is 0.361. The number of carbonyl (C=O) groups is 1. The molecule has 1 aliphatic heterocycles. The zero-order valence-corrected chi connectivity index (χ0v) is 12.5. The van der Waals surface area contributed by atoms with E-state index in [1.807, 2.05) is 0 Å².